The first kappa shape index (κ1) is 12.6. The van der Waals surface area contributed by atoms with E-state index in [9.17, 15) is 13.6 Å². The molecule has 0 bridgehead atoms. The number of hydrogen-bond acceptors (Lipinski definition) is 2. The van der Waals surface area contributed by atoms with Crippen LogP contribution in [0.3, 0.4) is 0 Å². The molecule has 1 rings (SSSR count). The molecule has 0 aliphatic carbocycles. The third kappa shape index (κ3) is 3.27. The summed E-state index contributed by atoms with van der Waals surface area (Å²) in [5, 5.41) is 8.52. The van der Waals surface area contributed by atoms with Gasteiger partial charge in [0.05, 0.1) is 0 Å². The normalized spacial score (nSPS) is 12.4. The lowest BCUT2D eigenvalue weighted by molar-refractivity contribution is -0.137. The minimum Gasteiger partial charge on any atom is -0.481 e. The standard InChI is InChI=1S/C11H13F2NO2/c12-8-2-3-10(13)9(5-8)7(6-14)1-4-11(15)16/h2-3,5,7H,1,4,6,14H2,(H,15,16). The molecule has 5 heteroatoms. The molecule has 1 aromatic rings. The topological polar surface area (TPSA) is 63.3 Å². The van der Waals surface area contributed by atoms with Crippen LogP contribution in [0.25, 0.3) is 0 Å². The van der Waals surface area contributed by atoms with E-state index >= 15 is 0 Å². The number of hydrogen-bond donors (Lipinski definition) is 2. The van der Waals surface area contributed by atoms with Crippen molar-refractivity contribution in [2.75, 3.05) is 6.54 Å². The van der Waals surface area contributed by atoms with Gasteiger partial charge in [0.15, 0.2) is 0 Å². The van der Waals surface area contributed by atoms with Crippen LogP contribution < -0.4 is 5.73 Å². The molecule has 1 aromatic carbocycles. The third-order valence-electron chi connectivity index (χ3n) is 2.39. The second-order valence-electron chi connectivity index (χ2n) is 3.53. The Balaban J connectivity index is 2.85. The minimum atomic E-state index is -0.977. The smallest absolute Gasteiger partial charge is 0.303 e. The van der Waals surface area contributed by atoms with E-state index < -0.39 is 23.5 Å². The number of carbonyl (C=O) groups is 1. The van der Waals surface area contributed by atoms with Crippen LogP contribution in [0.15, 0.2) is 18.2 Å². The molecule has 0 aliphatic rings. The van der Waals surface area contributed by atoms with Crippen molar-refractivity contribution < 1.29 is 18.7 Å². The van der Waals surface area contributed by atoms with Crippen LogP contribution in [0.4, 0.5) is 8.78 Å². The van der Waals surface area contributed by atoms with Crippen LogP contribution in [0.5, 0.6) is 0 Å². The Morgan fingerprint density at radius 3 is 2.69 bits per heavy atom. The Hall–Kier alpha value is -1.49. The molecule has 16 heavy (non-hydrogen) atoms. The molecule has 0 spiro atoms. The van der Waals surface area contributed by atoms with Gasteiger partial charge in [-0.15, -0.1) is 0 Å². The highest BCUT2D eigenvalue weighted by Gasteiger charge is 2.16. The Morgan fingerprint density at radius 1 is 1.44 bits per heavy atom. The zero-order valence-electron chi connectivity index (χ0n) is 8.62. The summed E-state index contributed by atoms with van der Waals surface area (Å²) in [7, 11) is 0. The number of nitrogens with two attached hydrogens (primary N) is 1. The molecule has 0 aromatic heterocycles. The number of benzene rings is 1. The zero-order valence-corrected chi connectivity index (χ0v) is 8.62. The first-order chi connectivity index (χ1) is 7.54. The molecular formula is C11H13F2NO2. The van der Waals surface area contributed by atoms with Gasteiger partial charge in [0.1, 0.15) is 11.6 Å². The Morgan fingerprint density at radius 2 is 2.12 bits per heavy atom. The molecule has 3 N–H and O–H groups in total. The Kier molecular flexibility index (Phi) is 4.37. The molecule has 0 amide bonds. The zero-order chi connectivity index (χ0) is 12.1. The van der Waals surface area contributed by atoms with E-state index in [1.807, 2.05) is 0 Å². The second-order valence-corrected chi connectivity index (χ2v) is 3.53. The summed E-state index contributed by atoms with van der Waals surface area (Å²) in [5.74, 6) is -2.55. The molecule has 0 heterocycles. The average Bonchev–Trinajstić information content (AvgIpc) is 2.23. The largest absolute Gasteiger partial charge is 0.481 e. The quantitative estimate of drug-likeness (QED) is 0.810. The predicted molar refractivity (Wildman–Crippen MR) is 55.0 cm³/mol. The predicted octanol–water partition coefficient (Wildman–Crippen LogP) is 1.87. The van der Waals surface area contributed by atoms with Crippen molar-refractivity contribution in [3.05, 3.63) is 35.4 Å². The third-order valence-corrected chi connectivity index (χ3v) is 2.39. The molecular weight excluding hydrogens is 216 g/mol. The van der Waals surface area contributed by atoms with Gasteiger partial charge in [-0.3, -0.25) is 4.79 Å². The van der Waals surface area contributed by atoms with E-state index in [1.165, 1.54) is 0 Å². The molecule has 3 nitrogen and oxygen atoms in total. The lowest BCUT2D eigenvalue weighted by Crippen LogP contribution is -2.15. The lowest BCUT2D eigenvalue weighted by Gasteiger charge is -2.14. The average molecular weight is 229 g/mol. The van der Waals surface area contributed by atoms with Crippen LogP contribution >= 0.6 is 0 Å². The van der Waals surface area contributed by atoms with Gasteiger partial charge in [-0.25, -0.2) is 8.78 Å². The summed E-state index contributed by atoms with van der Waals surface area (Å²) in [6, 6.07) is 3.10. The highest BCUT2D eigenvalue weighted by molar-refractivity contribution is 5.66. The Bertz CT molecular complexity index is 382. The van der Waals surface area contributed by atoms with E-state index in [2.05, 4.69) is 0 Å². The summed E-state index contributed by atoms with van der Waals surface area (Å²) in [4.78, 5) is 10.4. The monoisotopic (exact) mass is 229 g/mol. The van der Waals surface area contributed by atoms with Crippen LogP contribution in [0, 0.1) is 11.6 Å². The highest BCUT2D eigenvalue weighted by Crippen LogP contribution is 2.23. The summed E-state index contributed by atoms with van der Waals surface area (Å²) in [5.41, 5.74) is 5.57. The van der Waals surface area contributed by atoms with Gasteiger partial charge in [-0.05, 0) is 42.6 Å². The molecule has 0 saturated heterocycles. The van der Waals surface area contributed by atoms with Crippen molar-refractivity contribution in [2.24, 2.45) is 5.73 Å². The maximum Gasteiger partial charge on any atom is 0.303 e. The van der Waals surface area contributed by atoms with Gasteiger partial charge in [0.25, 0.3) is 0 Å². The Labute approximate surface area is 91.9 Å². The van der Waals surface area contributed by atoms with Crippen molar-refractivity contribution >= 4 is 5.97 Å². The van der Waals surface area contributed by atoms with Crippen LogP contribution in [0.2, 0.25) is 0 Å². The maximum absolute atomic E-state index is 13.4. The summed E-state index contributed by atoms with van der Waals surface area (Å²) >= 11 is 0. The fraction of sp³-hybridized carbons (Fsp3) is 0.364. The van der Waals surface area contributed by atoms with Crippen molar-refractivity contribution in [3.8, 4) is 0 Å². The van der Waals surface area contributed by atoms with E-state index in [0.29, 0.717) is 0 Å². The second kappa shape index (κ2) is 5.55. The molecule has 1 atom stereocenters. The van der Waals surface area contributed by atoms with Gasteiger partial charge in [-0.1, -0.05) is 0 Å². The van der Waals surface area contributed by atoms with E-state index in [1.54, 1.807) is 0 Å². The van der Waals surface area contributed by atoms with E-state index in [4.69, 9.17) is 10.8 Å². The molecule has 1 unspecified atom stereocenters. The first-order valence-electron chi connectivity index (χ1n) is 4.91. The van der Waals surface area contributed by atoms with E-state index in [-0.39, 0.29) is 24.9 Å². The van der Waals surface area contributed by atoms with Gasteiger partial charge in [-0.2, -0.15) is 0 Å². The number of rotatable bonds is 5. The van der Waals surface area contributed by atoms with Crippen molar-refractivity contribution in [3.63, 3.8) is 0 Å². The molecule has 0 radical (unpaired) electrons. The number of carboxylic acids is 1. The SMILES string of the molecule is NCC(CCC(=O)O)c1cc(F)ccc1F. The van der Waals surface area contributed by atoms with Crippen LogP contribution in [-0.2, 0) is 4.79 Å². The number of carboxylic acid groups (broad SMARTS) is 1. The van der Waals surface area contributed by atoms with Crippen molar-refractivity contribution in [2.45, 2.75) is 18.8 Å². The van der Waals surface area contributed by atoms with Crippen molar-refractivity contribution in [1.82, 2.24) is 0 Å². The summed E-state index contributed by atoms with van der Waals surface area (Å²) in [6.45, 7) is 0.0909. The fourth-order valence-electron chi connectivity index (χ4n) is 1.53. The highest BCUT2D eigenvalue weighted by atomic mass is 19.1. The van der Waals surface area contributed by atoms with E-state index in [0.717, 1.165) is 18.2 Å². The van der Waals surface area contributed by atoms with Gasteiger partial charge in [0, 0.05) is 6.42 Å². The summed E-state index contributed by atoms with van der Waals surface area (Å²) < 4.78 is 26.3. The number of aliphatic carboxylic acids is 1. The number of halogens is 2. The van der Waals surface area contributed by atoms with Crippen LogP contribution in [0.1, 0.15) is 24.3 Å². The minimum absolute atomic E-state index is 0.0909. The fourth-order valence-corrected chi connectivity index (χ4v) is 1.53. The lowest BCUT2D eigenvalue weighted by atomic mass is 9.94. The van der Waals surface area contributed by atoms with Crippen molar-refractivity contribution in [1.29, 1.82) is 0 Å². The van der Waals surface area contributed by atoms with Gasteiger partial charge in [0.2, 0.25) is 0 Å². The molecule has 0 saturated carbocycles. The van der Waals surface area contributed by atoms with Gasteiger partial charge < -0.3 is 10.8 Å². The van der Waals surface area contributed by atoms with Crippen LogP contribution in [-0.4, -0.2) is 17.6 Å². The molecule has 88 valence electrons. The molecule has 0 fully saturated rings. The van der Waals surface area contributed by atoms with Gasteiger partial charge >= 0.3 is 5.97 Å². The first-order valence-corrected chi connectivity index (χ1v) is 4.91. The summed E-state index contributed by atoms with van der Waals surface area (Å²) in [6.07, 6.45) is 0.0873. The maximum atomic E-state index is 13.4. The molecule has 0 aliphatic heterocycles.